The topological polar surface area (TPSA) is 65.9 Å². The predicted molar refractivity (Wildman–Crippen MR) is 95.0 cm³/mol. The van der Waals surface area contributed by atoms with Gasteiger partial charge in [0.1, 0.15) is 24.3 Å². The number of guanidine groups is 1. The number of thiophene rings is 1. The Morgan fingerprint density at radius 1 is 1.29 bits per heavy atom. The van der Waals surface area contributed by atoms with Crippen molar-refractivity contribution in [1.29, 1.82) is 0 Å². The average molecular weight is 351 g/mol. The Kier molecular flexibility index (Phi) is 7.51. The summed E-state index contributed by atoms with van der Waals surface area (Å²) in [4.78, 5) is 4.46. The second-order valence-electron chi connectivity index (χ2n) is 5.13. The van der Waals surface area contributed by atoms with Crippen LogP contribution in [-0.4, -0.2) is 36.9 Å². The Morgan fingerprint density at radius 2 is 2.08 bits per heavy atom. The summed E-state index contributed by atoms with van der Waals surface area (Å²) in [6.45, 7) is 3.72. The number of nitrogens with one attached hydrogen (secondary N) is 2. The molecule has 2 rings (SSSR count). The zero-order valence-corrected chi connectivity index (χ0v) is 14.4. The summed E-state index contributed by atoms with van der Waals surface area (Å²) in [5.41, 5.74) is 1.15. The van der Waals surface area contributed by atoms with Crippen molar-refractivity contribution in [2.24, 2.45) is 4.99 Å². The number of halogens is 1. The quantitative estimate of drug-likeness (QED) is 0.505. The number of ether oxygens (including phenoxy) is 1. The monoisotopic (exact) mass is 351 g/mol. The van der Waals surface area contributed by atoms with Gasteiger partial charge >= 0.3 is 0 Å². The zero-order valence-electron chi connectivity index (χ0n) is 13.5. The molecule has 0 aliphatic heterocycles. The van der Waals surface area contributed by atoms with Crippen molar-refractivity contribution in [3.05, 3.63) is 52.5 Å². The molecule has 0 aliphatic rings. The summed E-state index contributed by atoms with van der Waals surface area (Å²) >= 11 is 1.64. The molecular weight excluding hydrogens is 329 g/mol. The summed E-state index contributed by atoms with van der Waals surface area (Å²) in [7, 11) is 0. The van der Waals surface area contributed by atoms with Gasteiger partial charge in [0.25, 0.3) is 0 Å². The first-order valence-corrected chi connectivity index (χ1v) is 8.71. The summed E-state index contributed by atoms with van der Waals surface area (Å²) in [5, 5.41) is 20.3. The highest BCUT2D eigenvalue weighted by atomic mass is 32.1. The van der Waals surface area contributed by atoms with Crippen LogP contribution in [0.1, 0.15) is 12.5 Å². The van der Waals surface area contributed by atoms with Crippen molar-refractivity contribution >= 4 is 17.3 Å². The van der Waals surface area contributed by atoms with Crippen LogP contribution in [0.3, 0.4) is 0 Å². The van der Waals surface area contributed by atoms with Crippen LogP contribution in [0, 0.1) is 5.82 Å². The van der Waals surface area contributed by atoms with Crippen LogP contribution in [0.5, 0.6) is 5.75 Å². The number of aliphatic hydroxyl groups excluding tert-OH is 1. The van der Waals surface area contributed by atoms with E-state index in [1.807, 2.05) is 18.4 Å². The lowest BCUT2D eigenvalue weighted by molar-refractivity contribution is 0.110. The van der Waals surface area contributed by atoms with Gasteiger partial charge in [-0.3, -0.25) is 0 Å². The Labute approximate surface area is 145 Å². The summed E-state index contributed by atoms with van der Waals surface area (Å²) in [6, 6.07) is 7.73. The molecule has 0 radical (unpaired) electrons. The number of aliphatic hydroxyl groups is 1. The fourth-order valence-electron chi connectivity index (χ4n) is 1.89. The molecule has 0 fully saturated rings. The third-order valence-corrected chi connectivity index (χ3v) is 3.84. The molecule has 0 saturated heterocycles. The van der Waals surface area contributed by atoms with Crippen LogP contribution in [0.4, 0.5) is 4.39 Å². The first kappa shape index (κ1) is 18.2. The van der Waals surface area contributed by atoms with E-state index in [4.69, 9.17) is 4.74 Å². The van der Waals surface area contributed by atoms with Gasteiger partial charge in [-0.15, -0.1) is 0 Å². The number of nitrogens with zero attached hydrogens (tertiary/aromatic N) is 1. The lowest BCUT2D eigenvalue weighted by atomic mass is 10.3. The van der Waals surface area contributed by atoms with Crippen LogP contribution in [0.25, 0.3) is 0 Å². The first-order valence-electron chi connectivity index (χ1n) is 7.77. The fourth-order valence-corrected chi connectivity index (χ4v) is 2.55. The molecule has 0 amide bonds. The van der Waals surface area contributed by atoms with Crippen LogP contribution in [0.2, 0.25) is 0 Å². The maximum Gasteiger partial charge on any atom is 0.191 e. The normalized spacial score (nSPS) is 12.7. The average Bonchev–Trinajstić information content (AvgIpc) is 3.10. The van der Waals surface area contributed by atoms with Gasteiger partial charge in [0.05, 0.1) is 6.54 Å². The van der Waals surface area contributed by atoms with Crippen LogP contribution < -0.4 is 15.4 Å². The number of rotatable bonds is 8. The molecule has 1 heterocycles. The van der Waals surface area contributed by atoms with E-state index < -0.39 is 6.10 Å². The van der Waals surface area contributed by atoms with E-state index in [2.05, 4.69) is 21.0 Å². The molecule has 0 spiro atoms. The van der Waals surface area contributed by atoms with E-state index in [0.29, 0.717) is 24.8 Å². The summed E-state index contributed by atoms with van der Waals surface area (Å²) < 4.78 is 18.2. The first-order chi connectivity index (χ1) is 11.7. The smallest absolute Gasteiger partial charge is 0.191 e. The lowest BCUT2D eigenvalue weighted by Gasteiger charge is -2.16. The highest BCUT2D eigenvalue weighted by molar-refractivity contribution is 7.07. The largest absolute Gasteiger partial charge is 0.491 e. The molecule has 1 unspecified atom stereocenters. The van der Waals surface area contributed by atoms with E-state index in [1.54, 1.807) is 11.3 Å². The van der Waals surface area contributed by atoms with Crippen molar-refractivity contribution < 1.29 is 14.2 Å². The third-order valence-electron chi connectivity index (χ3n) is 3.11. The highest BCUT2D eigenvalue weighted by Gasteiger charge is 2.07. The van der Waals surface area contributed by atoms with Crippen LogP contribution >= 0.6 is 11.3 Å². The maximum atomic E-state index is 12.8. The molecule has 130 valence electrons. The molecule has 5 nitrogen and oxygen atoms in total. The highest BCUT2D eigenvalue weighted by Crippen LogP contribution is 2.11. The van der Waals surface area contributed by atoms with Gasteiger partial charge in [0.2, 0.25) is 0 Å². The molecule has 3 N–H and O–H groups in total. The Hall–Kier alpha value is -2.12. The molecule has 1 aromatic heterocycles. The second-order valence-corrected chi connectivity index (χ2v) is 5.91. The van der Waals surface area contributed by atoms with E-state index in [9.17, 15) is 9.50 Å². The standard InChI is InChI=1S/C17H22FN3O2S/c1-2-19-17(20-9-13-7-8-24-12-13)21-10-15(22)11-23-16-5-3-14(18)4-6-16/h3-8,12,15,22H,2,9-11H2,1H3,(H2,19,20,21). The molecule has 7 heteroatoms. The molecule has 0 bridgehead atoms. The number of aliphatic imine (C=N–C) groups is 1. The number of hydrogen-bond donors (Lipinski definition) is 3. The minimum atomic E-state index is -0.708. The van der Waals surface area contributed by atoms with Gasteiger partial charge < -0.3 is 20.5 Å². The zero-order chi connectivity index (χ0) is 17.2. The van der Waals surface area contributed by atoms with Gasteiger partial charge in [0.15, 0.2) is 5.96 Å². The Morgan fingerprint density at radius 3 is 2.75 bits per heavy atom. The summed E-state index contributed by atoms with van der Waals surface area (Å²) in [6.07, 6.45) is -0.708. The van der Waals surface area contributed by atoms with Crippen LogP contribution in [0.15, 0.2) is 46.1 Å². The Bertz CT molecular complexity index is 617. The van der Waals surface area contributed by atoms with Gasteiger partial charge in [-0.05, 0) is 53.6 Å². The summed E-state index contributed by atoms with van der Waals surface area (Å²) in [5.74, 6) is 0.847. The van der Waals surface area contributed by atoms with Gasteiger partial charge in [-0.25, -0.2) is 9.38 Å². The third kappa shape index (κ3) is 6.55. The number of hydrogen-bond acceptors (Lipinski definition) is 4. The molecule has 0 saturated carbocycles. The van der Waals surface area contributed by atoms with Crippen LogP contribution in [-0.2, 0) is 6.54 Å². The predicted octanol–water partition coefficient (Wildman–Crippen LogP) is 2.38. The minimum absolute atomic E-state index is 0.114. The fraction of sp³-hybridized carbons (Fsp3) is 0.353. The van der Waals surface area contributed by atoms with E-state index >= 15 is 0 Å². The second kappa shape index (κ2) is 9.89. The van der Waals surface area contributed by atoms with Crippen molar-refractivity contribution in [2.75, 3.05) is 19.7 Å². The van der Waals surface area contributed by atoms with E-state index in [1.165, 1.54) is 24.3 Å². The Balaban J connectivity index is 1.75. The maximum absolute atomic E-state index is 12.8. The van der Waals surface area contributed by atoms with E-state index in [-0.39, 0.29) is 12.4 Å². The van der Waals surface area contributed by atoms with Crippen molar-refractivity contribution in [1.82, 2.24) is 10.6 Å². The van der Waals surface area contributed by atoms with Crippen molar-refractivity contribution in [2.45, 2.75) is 19.6 Å². The van der Waals surface area contributed by atoms with Crippen molar-refractivity contribution in [3.63, 3.8) is 0 Å². The van der Waals surface area contributed by atoms with Gasteiger partial charge in [-0.2, -0.15) is 11.3 Å². The molecule has 1 atom stereocenters. The molecule has 24 heavy (non-hydrogen) atoms. The molecule has 0 aliphatic carbocycles. The van der Waals surface area contributed by atoms with Gasteiger partial charge in [0, 0.05) is 13.1 Å². The molecule has 2 aromatic rings. The lowest BCUT2D eigenvalue weighted by Crippen LogP contribution is -2.42. The molecular formula is C17H22FN3O2S. The molecule has 1 aromatic carbocycles. The van der Waals surface area contributed by atoms with Gasteiger partial charge in [-0.1, -0.05) is 0 Å². The number of benzene rings is 1. The van der Waals surface area contributed by atoms with Crippen molar-refractivity contribution in [3.8, 4) is 5.75 Å². The van der Waals surface area contributed by atoms with E-state index in [0.717, 1.165) is 12.1 Å². The minimum Gasteiger partial charge on any atom is -0.491 e. The SMILES string of the molecule is CCNC(=NCc1ccsc1)NCC(O)COc1ccc(F)cc1.